The van der Waals surface area contributed by atoms with Crippen LogP contribution in [-0.4, -0.2) is 35.3 Å². The van der Waals surface area contributed by atoms with Gasteiger partial charge in [-0.15, -0.1) is 0 Å². The van der Waals surface area contributed by atoms with Crippen molar-refractivity contribution in [2.45, 2.75) is 51.7 Å². The van der Waals surface area contributed by atoms with E-state index in [1.165, 1.54) is 12.8 Å². The van der Waals surface area contributed by atoms with Gasteiger partial charge in [0.2, 0.25) is 0 Å². The molecule has 3 N–H and O–H groups in total. The van der Waals surface area contributed by atoms with Crippen molar-refractivity contribution in [2.75, 3.05) is 13.7 Å². The van der Waals surface area contributed by atoms with E-state index in [0.29, 0.717) is 29.7 Å². The number of nitrogens with zero attached hydrogens (tertiary/aromatic N) is 2. The van der Waals surface area contributed by atoms with E-state index in [4.69, 9.17) is 30.5 Å². The summed E-state index contributed by atoms with van der Waals surface area (Å²) in [5.74, 6) is 0.884. The van der Waals surface area contributed by atoms with Crippen molar-refractivity contribution in [1.82, 2.24) is 9.78 Å². The molecular formula is C31H34N4O4. The summed E-state index contributed by atoms with van der Waals surface area (Å²) in [7, 11) is 1.59. The predicted molar refractivity (Wildman–Crippen MR) is 151 cm³/mol. The van der Waals surface area contributed by atoms with Crippen LogP contribution in [0.1, 0.15) is 55.5 Å². The molecular weight excluding hydrogens is 492 g/mol. The van der Waals surface area contributed by atoms with E-state index in [9.17, 15) is 4.79 Å². The van der Waals surface area contributed by atoms with Crippen LogP contribution >= 0.6 is 0 Å². The summed E-state index contributed by atoms with van der Waals surface area (Å²) in [5, 5.41) is 14.0. The molecule has 0 unspecified atom stereocenters. The number of rotatable bonds is 10. The molecule has 202 valence electrons. The average molecular weight is 527 g/mol. The molecule has 0 spiro atoms. The topological polar surface area (TPSA) is 112 Å². The number of ether oxygens (including phenoxy) is 3. The summed E-state index contributed by atoms with van der Waals surface area (Å²) >= 11 is 0. The fourth-order valence-corrected chi connectivity index (χ4v) is 5.41. The van der Waals surface area contributed by atoms with E-state index in [-0.39, 0.29) is 24.8 Å². The number of nitrogens with two attached hydrogens (primary N) is 1. The molecule has 3 aromatic carbocycles. The SMILES string of the molecule is CCOC(=O)Cc1ccccc1OCc1nn(C2CCCC2)c2ccc(-c3cccc(C(=N)N)c3OC)cc12. The zero-order chi connectivity index (χ0) is 27.4. The fraction of sp³-hybridized carbons (Fsp3) is 0.323. The summed E-state index contributed by atoms with van der Waals surface area (Å²) < 4.78 is 19.2. The first-order valence-electron chi connectivity index (χ1n) is 13.4. The molecule has 0 atom stereocenters. The van der Waals surface area contributed by atoms with Gasteiger partial charge in [0.15, 0.2) is 0 Å². The van der Waals surface area contributed by atoms with Crippen molar-refractivity contribution in [1.29, 1.82) is 5.41 Å². The molecule has 1 heterocycles. The van der Waals surface area contributed by atoms with Crippen LogP contribution in [0.2, 0.25) is 0 Å². The van der Waals surface area contributed by atoms with Gasteiger partial charge in [0.25, 0.3) is 0 Å². The van der Waals surface area contributed by atoms with Crippen LogP contribution in [0.4, 0.5) is 0 Å². The molecule has 0 bridgehead atoms. The van der Waals surface area contributed by atoms with E-state index in [1.54, 1.807) is 20.1 Å². The van der Waals surface area contributed by atoms with Crippen molar-refractivity contribution >= 4 is 22.7 Å². The Balaban J connectivity index is 1.53. The maximum Gasteiger partial charge on any atom is 0.310 e. The number of benzene rings is 3. The number of carbonyl (C=O) groups is 1. The number of fused-ring (bicyclic) bond motifs is 1. The highest BCUT2D eigenvalue weighted by molar-refractivity contribution is 6.00. The summed E-state index contributed by atoms with van der Waals surface area (Å²) in [4.78, 5) is 12.1. The highest BCUT2D eigenvalue weighted by atomic mass is 16.5. The lowest BCUT2D eigenvalue weighted by Gasteiger charge is -2.14. The number of methoxy groups -OCH3 is 1. The van der Waals surface area contributed by atoms with E-state index >= 15 is 0 Å². The number of amidine groups is 1. The Labute approximate surface area is 228 Å². The first-order chi connectivity index (χ1) is 19.0. The van der Waals surface area contributed by atoms with Gasteiger partial charge in [0.1, 0.15) is 29.6 Å². The largest absolute Gasteiger partial charge is 0.495 e. The minimum Gasteiger partial charge on any atom is -0.495 e. The van der Waals surface area contributed by atoms with Crippen molar-refractivity contribution in [2.24, 2.45) is 5.73 Å². The van der Waals surface area contributed by atoms with E-state index in [2.05, 4.69) is 22.9 Å². The lowest BCUT2D eigenvalue weighted by atomic mass is 9.99. The lowest BCUT2D eigenvalue weighted by molar-refractivity contribution is -0.142. The van der Waals surface area contributed by atoms with Gasteiger partial charge in [-0.05, 0) is 49.6 Å². The highest BCUT2D eigenvalue weighted by Crippen LogP contribution is 2.38. The maximum absolute atomic E-state index is 12.1. The smallest absolute Gasteiger partial charge is 0.310 e. The van der Waals surface area contributed by atoms with Crippen molar-refractivity contribution in [3.05, 3.63) is 77.5 Å². The van der Waals surface area contributed by atoms with Gasteiger partial charge in [0.05, 0.1) is 37.3 Å². The van der Waals surface area contributed by atoms with Gasteiger partial charge < -0.3 is 19.9 Å². The molecule has 0 radical (unpaired) electrons. The average Bonchev–Trinajstić information content (AvgIpc) is 3.60. The van der Waals surface area contributed by atoms with Crippen molar-refractivity contribution in [3.63, 3.8) is 0 Å². The third-order valence-electron chi connectivity index (χ3n) is 7.25. The van der Waals surface area contributed by atoms with E-state index in [1.807, 2.05) is 36.4 Å². The minimum absolute atomic E-state index is 0.0422. The van der Waals surface area contributed by atoms with Crippen LogP contribution in [0.15, 0.2) is 60.7 Å². The number of carbonyl (C=O) groups excluding carboxylic acids is 1. The quantitative estimate of drug-likeness (QED) is 0.154. The normalized spacial score (nSPS) is 13.5. The third-order valence-corrected chi connectivity index (χ3v) is 7.25. The Hall–Kier alpha value is -4.33. The Kier molecular flexibility index (Phi) is 7.81. The first kappa shape index (κ1) is 26.3. The molecule has 8 heteroatoms. The zero-order valence-corrected chi connectivity index (χ0v) is 22.4. The number of nitrogens with one attached hydrogen (secondary N) is 1. The number of esters is 1. The number of para-hydroxylation sites is 2. The minimum atomic E-state index is -0.282. The van der Waals surface area contributed by atoms with Crippen LogP contribution in [0.25, 0.3) is 22.0 Å². The molecule has 1 saturated carbocycles. The molecule has 39 heavy (non-hydrogen) atoms. The molecule has 5 rings (SSSR count). The first-order valence-corrected chi connectivity index (χ1v) is 13.4. The maximum atomic E-state index is 12.1. The Morgan fingerprint density at radius 3 is 2.64 bits per heavy atom. The van der Waals surface area contributed by atoms with Gasteiger partial charge >= 0.3 is 5.97 Å². The van der Waals surface area contributed by atoms with Crippen molar-refractivity contribution < 1.29 is 19.0 Å². The van der Waals surface area contributed by atoms with Gasteiger partial charge in [-0.3, -0.25) is 14.9 Å². The number of hydrogen-bond donors (Lipinski definition) is 2. The molecule has 0 aliphatic heterocycles. The van der Waals surface area contributed by atoms with E-state index < -0.39 is 0 Å². The van der Waals surface area contributed by atoms with Gasteiger partial charge in [0, 0.05) is 16.5 Å². The molecule has 0 saturated heterocycles. The van der Waals surface area contributed by atoms with Crippen LogP contribution in [0.5, 0.6) is 11.5 Å². The van der Waals surface area contributed by atoms with Crippen LogP contribution in [0.3, 0.4) is 0 Å². The summed E-state index contributed by atoms with van der Waals surface area (Å²) in [6.45, 7) is 2.39. The Morgan fingerprint density at radius 1 is 1.10 bits per heavy atom. The molecule has 4 aromatic rings. The molecule has 8 nitrogen and oxygen atoms in total. The Morgan fingerprint density at radius 2 is 1.90 bits per heavy atom. The fourth-order valence-electron chi connectivity index (χ4n) is 5.41. The van der Waals surface area contributed by atoms with Gasteiger partial charge in [-0.1, -0.05) is 49.2 Å². The second-order valence-corrected chi connectivity index (χ2v) is 9.74. The second kappa shape index (κ2) is 11.6. The monoisotopic (exact) mass is 526 g/mol. The third kappa shape index (κ3) is 5.46. The number of nitrogen functional groups attached to an aromatic ring is 1. The number of hydrogen-bond acceptors (Lipinski definition) is 6. The van der Waals surface area contributed by atoms with Gasteiger partial charge in [-0.2, -0.15) is 5.10 Å². The second-order valence-electron chi connectivity index (χ2n) is 9.74. The van der Waals surface area contributed by atoms with Crippen LogP contribution in [-0.2, 0) is 22.6 Å². The summed E-state index contributed by atoms with van der Waals surface area (Å²) in [5.41, 5.74) is 10.8. The standard InChI is InChI=1S/C31H34N4O4/c1-3-38-29(36)18-21-9-4-7-14-28(21)39-19-26-25-17-20(23-12-8-13-24(31(32)33)30(23)37-2)15-16-27(25)35(34-26)22-10-5-6-11-22/h4,7-9,12-17,22H,3,5-6,10-11,18-19H2,1-2H3,(H3,32,33). The van der Waals surface area contributed by atoms with Gasteiger partial charge in [-0.25, -0.2) is 0 Å². The molecule has 0 amide bonds. The zero-order valence-electron chi connectivity index (χ0n) is 22.4. The number of aromatic nitrogens is 2. The van der Waals surface area contributed by atoms with Crippen LogP contribution in [0, 0.1) is 5.41 Å². The molecule has 1 fully saturated rings. The molecule has 1 aliphatic rings. The van der Waals surface area contributed by atoms with E-state index in [0.717, 1.165) is 46.1 Å². The molecule has 1 aromatic heterocycles. The lowest BCUT2D eigenvalue weighted by Crippen LogP contribution is -2.12. The summed E-state index contributed by atoms with van der Waals surface area (Å²) in [6.07, 6.45) is 4.77. The summed E-state index contributed by atoms with van der Waals surface area (Å²) in [6, 6.07) is 19.8. The van der Waals surface area contributed by atoms with Crippen LogP contribution < -0.4 is 15.2 Å². The molecule has 1 aliphatic carbocycles. The Bertz CT molecular complexity index is 1500. The highest BCUT2D eigenvalue weighted by Gasteiger charge is 2.23. The van der Waals surface area contributed by atoms with Crippen molar-refractivity contribution in [3.8, 4) is 22.6 Å². The predicted octanol–water partition coefficient (Wildman–Crippen LogP) is 5.80.